The van der Waals surface area contributed by atoms with Gasteiger partial charge in [-0.25, -0.2) is 0 Å². The van der Waals surface area contributed by atoms with Gasteiger partial charge in [0, 0.05) is 29.7 Å². The van der Waals surface area contributed by atoms with E-state index in [1.165, 1.54) is 0 Å². The molecule has 27 heavy (non-hydrogen) atoms. The molecule has 0 aliphatic carbocycles. The Morgan fingerprint density at radius 3 is 2.26 bits per heavy atom. The number of nitrogens with zero attached hydrogens (tertiary/aromatic N) is 1. The number of nitrogens with one attached hydrogen (secondary N) is 2. The summed E-state index contributed by atoms with van der Waals surface area (Å²) in [5.74, 6) is 0. The van der Waals surface area contributed by atoms with E-state index in [2.05, 4.69) is 15.6 Å². The van der Waals surface area contributed by atoms with Crippen LogP contribution < -0.4 is 21.5 Å². The molecule has 2 aromatic heterocycles. The molecular formula is C21H17N3O3. The zero-order valence-electron chi connectivity index (χ0n) is 14.6. The number of benzene rings is 1. The third-order valence-electron chi connectivity index (χ3n) is 4.49. The first-order chi connectivity index (χ1) is 13.1. The fourth-order valence-corrected chi connectivity index (χ4v) is 2.92. The quantitative estimate of drug-likeness (QED) is 0.509. The summed E-state index contributed by atoms with van der Waals surface area (Å²) in [7, 11) is 0. The van der Waals surface area contributed by atoms with E-state index in [1.807, 2.05) is 37.3 Å². The van der Waals surface area contributed by atoms with E-state index in [0.717, 1.165) is 16.7 Å². The van der Waals surface area contributed by atoms with Crippen LogP contribution in [0.25, 0.3) is 11.1 Å². The molecule has 6 nitrogen and oxygen atoms in total. The molecule has 0 aliphatic rings. The predicted octanol–water partition coefficient (Wildman–Crippen LogP) is 3.85. The van der Waals surface area contributed by atoms with Gasteiger partial charge in [0.05, 0.1) is 12.5 Å². The smallest absolute Gasteiger partial charge is 0.253 e. The number of furan rings is 1. The topological polar surface area (TPSA) is 84.2 Å². The summed E-state index contributed by atoms with van der Waals surface area (Å²) in [6.45, 7) is 1.94. The molecule has 4 rings (SSSR count). The number of hydrogen-bond acceptors (Lipinski definition) is 6. The normalized spacial score (nSPS) is 12.0. The van der Waals surface area contributed by atoms with E-state index in [0.29, 0.717) is 11.4 Å². The molecule has 0 fully saturated rings. The minimum atomic E-state index is -0.517. The molecule has 6 heteroatoms. The summed E-state index contributed by atoms with van der Waals surface area (Å²) in [4.78, 5) is 27.9. The van der Waals surface area contributed by atoms with Crippen molar-refractivity contribution in [3.05, 3.63) is 93.4 Å². The molecule has 0 spiro atoms. The second-order valence-corrected chi connectivity index (χ2v) is 6.27. The van der Waals surface area contributed by atoms with E-state index >= 15 is 0 Å². The average molecular weight is 359 g/mol. The standard InChI is InChI=1S/C21H17N3O3/c1-13(14-2-4-15(5-3-14)16-8-11-27-12-16)23-18-19(21(26)20(18)25)24-17-6-9-22-10-7-17/h2-13,23H,1H3,(H,22,24). The first-order valence-electron chi connectivity index (χ1n) is 8.53. The van der Waals surface area contributed by atoms with Crippen LogP contribution in [0, 0.1) is 0 Å². The molecule has 1 unspecified atom stereocenters. The van der Waals surface area contributed by atoms with Gasteiger partial charge in [0.2, 0.25) is 0 Å². The number of anilines is 3. The Kier molecular flexibility index (Phi) is 4.30. The average Bonchev–Trinajstić information content (AvgIpc) is 3.26. The summed E-state index contributed by atoms with van der Waals surface area (Å²) in [5, 5.41) is 6.14. The van der Waals surface area contributed by atoms with Gasteiger partial charge >= 0.3 is 0 Å². The summed E-state index contributed by atoms with van der Waals surface area (Å²) >= 11 is 0. The van der Waals surface area contributed by atoms with Gasteiger partial charge in [-0.1, -0.05) is 24.3 Å². The summed E-state index contributed by atoms with van der Waals surface area (Å²) in [6.07, 6.45) is 6.56. The van der Waals surface area contributed by atoms with Crippen LogP contribution in [0.4, 0.5) is 17.1 Å². The monoisotopic (exact) mass is 359 g/mol. The maximum atomic E-state index is 12.0. The van der Waals surface area contributed by atoms with Crippen LogP contribution in [0.1, 0.15) is 18.5 Å². The third-order valence-corrected chi connectivity index (χ3v) is 4.49. The Labute approximate surface area is 155 Å². The number of aromatic nitrogens is 1. The summed E-state index contributed by atoms with van der Waals surface area (Å²) < 4.78 is 5.11. The largest absolute Gasteiger partial charge is 0.472 e. The van der Waals surface area contributed by atoms with Crippen LogP contribution in [0.3, 0.4) is 0 Å². The van der Waals surface area contributed by atoms with Crippen LogP contribution in [0.15, 0.2) is 81.4 Å². The SMILES string of the molecule is CC(Nc1c(Nc2ccncc2)c(=O)c1=O)c1ccc(-c2ccoc2)cc1. The number of pyridine rings is 1. The lowest BCUT2D eigenvalue weighted by Gasteiger charge is -2.20. The number of hydrogen-bond donors (Lipinski definition) is 2. The van der Waals surface area contributed by atoms with E-state index < -0.39 is 10.9 Å². The van der Waals surface area contributed by atoms with Gasteiger partial charge in [-0.2, -0.15) is 0 Å². The lowest BCUT2D eigenvalue weighted by Crippen LogP contribution is -2.37. The van der Waals surface area contributed by atoms with Gasteiger partial charge in [0.1, 0.15) is 11.4 Å². The Hall–Kier alpha value is -3.67. The highest BCUT2D eigenvalue weighted by Crippen LogP contribution is 2.27. The van der Waals surface area contributed by atoms with E-state index in [1.54, 1.807) is 37.1 Å². The van der Waals surface area contributed by atoms with Crippen LogP contribution >= 0.6 is 0 Å². The highest BCUT2D eigenvalue weighted by Gasteiger charge is 2.22. The Balaban J connectivity index is 1.52. The van der Waals surface area contributed by atoms with Crippen molar-refractivity contribution in [2.75, 3.05) is 10.6 Å². The molecule has 1 atom stereocenters. The summed E-state index contributed by atoms with van der Waals surface area (Å²) in [6, 6.07) is 13.2. The molecule has 2 aromatic carbocycles. The molecular weight excluding hydrogens is 342 g/mol. The van der Waals surface area contributed by atoms with Crippen molar-refractivity contribution >= 4 is 17.1 Å². The zero-order valence-corrected chi connectivity index (χ0v) is 14.6. The predicted molar refractivity (Wildman–Crippen MR) is 105 cm³/mol. The van der Waals surface area contributed by atoms with E-state index in [9.17, 15) is 9.59 Å². The third kappa shape index (κ3) is 3.25. The molecule has 134 valence electrons. The molecule has 0 saturated heterocycles. The lowest BCUT2D eigenvalue weighted by atomic mass is 10.0. The Morgan fingerprint density at radius 2 is 1.59 bits per heavy atom. The van der Waals surface area contributed by atoms with Crippen LogP contribution in [-0.4, -0.2) is 4.98 Å². The minimum absolute atomic E-state index is 0.135. The fourth-order valence-electron chi connectivity index (χ4n) is 2.92. The fraction of sp³-hybridized carbons (Fsp3) is 0.0952. The van der Waals surface area contributed by atoms with Crippen molar-refractivity contribution in [1.29, 1.82) is 0 Å². The first-order valence-corrected chi connectivity index (χ1v) is 8.53. The molecule has 0 amide bonds. The van der Waals surface area contributed by atoms with Crippen molar-refractivity contribution in [2.24, 2.45) is 0 Å². The van der Waals surface area contributed by atoms with Gasteiger partial charge in [-0.05, 0) is 36.2 Å². The Bertz CT molecular complexity index is 1110. The molecule has 0 radical (unpaired) electrons. The zero-order chi connectivity index (χ0) is 18.8. The van der Waals surface area contributed by atoms with Gasteiger partial charge in [0.25, 0.3) is 10.9 Å². The second kappa shape index (κ2) is 6.92. The van der Waals surface area contributed by atoms with Crippen molar-refractivity contribution in [2.45, 2.75) is 13.0 Å². The van der Waals surface area contributed by atoms with E-state index in [4.69, 9.17) is 4.42 Å². The van der Waals surface area contributed by atoms with Gasteiger partial charge in [-0.3, -0.25) is 14.6 Å². The highest BCUT2D eigenvalue weighted by atomic mass is 16.3. The van der Waals surface area contributed by atoms with Gasteiger partial charge in [0.15, 0.2) is 0 Å². The molecule has 2 N–H and O–H groups in total. The maximum absolute atomic E-state index is 12.0. The lowest BCUT2D eigenvalue weighted by molar-refractivity contribution is 0.568. The van der Waals surface area contributed by atoms with Crippen LogP contribution in [0.5, 0.6) is 0 Å². The minimum Gasteiger partial charge on any atom is -0.472 e. The molecule has 2 heterocycles. The summed E-state index contributed by atoms with van der Waals surface area (Å²) in [5.41, 5.74) is 3.34. The molecule has 0 aliphatic heterocycles. The van der Waals surface area contributed by atoms with Crippen LogP contribution in [0.2, 0.25) is 0 Å². The van der Waals surface area contributed by atoms with Gasteiger partial charge < -0.3 is 15.1 Å². The second-order valence-electron chi connectivity index (χ2n) is 6.27. The molecule has 4 aromatic rings. The maximum Gasteiger partial charge on any atom is 0.253 e. The molecule has 0 bridgehead atoms. The first kappa shape index (κ1) is 16.8. The Morgan fingerprint density at radius 1 is 0.889 bits per heavy atom. The van der Waals surface area contributed by atoms with Crippen molar-refractivity contribution in [3.63, 3.8) is 0 Å². The van der Waals surface area contributed by atoms with Crippen molar-refractivity contribution in [1.82, 2.24) is 4.98 Å². The van der Waals surface area contributed by atoms with Crippen LogP contribution in [-0.2, 0) is 0 Å². The van der Waals surface area contributed by atoms with Gasteiger partial charge in [-0.15, -0.1) is 0 Å². The molecule has 0 saturated carbocycles. The number of rotatable bonds is 6. The van der Waals surface area contributed by atoms with Crippen molar-refractivity contribution < 1.29 is 4.42 Å². The van der Waals surface area contributed by atoms with Crippen molar-refractivity contribution in [3.8, 4) is 11.1 Å². The highest BCUT2D eigenvalue weighted by molar-refractivity contribution is 5.79. The van der Waals surface area contributed by atoms with E-state index in [-0.39, 0.29) is 11.7 Å².